The minimum absolute atomic E-state index is 0.0123. The van der Waals surface area contributed by atoms with Crippen molar-refractivity contribution < 1.29 is 14.5 Å². The van der Waals surface area contributed by atoms with Gasteiger partial charge in [0.1, 0.15) is 5.69 Å². The van der Waals surface area contributed by atoms with Crippen LogP contribution in [0, 0.1) is 17.0 Å². The van der Waals surface area contributed by atoms with E-state index in [0.29, 0.717) is 5.69 Å². The normalized spacial score (nSPS) is 11.9. The van der Waals surface area contributed by atoms with Crippen molar-refractivity contribution in [3.63, 3.8) is 0 Å². The Labute approximate surface area is 92.4 Å². The van der Waals surface area contributed by atoms with Crippen LogP contribution in [0.1, 0.15) is 19.5 Å². The van der Waals surface area contributed by atoms with Gasteiger partial charge < -0.3 is 14.9 Å². The second-order valence-electron chi connectivity index (χ2n) is 3.40. The molecule has 1 aromatic heterocycles. The topological polar surface area (TPSA) is 82.3 Å². The molecule has 86 valence electrons. The van der Waals surface area contributed by atoms with Gasteiger partial charge in [0, 0.05) is 6.92 Å². The number of ether oxygens (including phenoxy) is 1. The number of aromatic nitrogens is 1. The number of carbonyl (C=O) groups is 1. The third kappa shape index (κ3) is 2.75. The number of hydrogen-bond donors (Lipinski definition) is 0. The van der Waals surface area contributed by atoms with Gasteiger partial charge in [0.25, 0.3) is 0 Å². The number of carbonyl (C=O) groups excluding carboxylic acids is 1. The highest BCUT2D eigenvalue weighted by molar-refractivity contribution is 5.80. The van der Waals surface area contributed by atoms with Crippen LogP contribution in [-0.2, 0) is 4.79 Å². The van der Waals surface area contributed by atoms with Crippen LogP contribution in [0.15, 0.2) is 12.1 Å². The van der Waals surface area contributed by atoms with Crippen molar-refractivity contribution in [3.8, 4) is 5.75 Å². The summed E-state index contributed by atoms with van der Waals surface area (Å²) in [6.45, 7) is 4.54. The van der Waals surface area contributed by atoms with Gasteiger partial charge in [-0.15, -0.1) is 0 Å². The first-order chi connectivity index (χ1) is 7.41. The molecule has 0 aliphatic heterocycles. The predicted molar refractivity (Wildman–Crippen MR) is 56.4 cm³/mol. The fraction of sp³-hybridized carbons (Fsp3) is 0.400. The molecule has 0 aromatic carbocycles. The average molecular weight is 224 g/mol. The highest BCUT2D eigenvalue weighted by Gasteiger charge is 2.20. The van der Waals surface area contributed by atoms with E-state index < -0.39 is 11.0 Å². The van der Waals surface area contributed by atoms with Crippen LogP contribution < -0.4 is 4.74 Å². The zero-order chi connectivity index (χ0) is 12.3. The van der Waals surface area contributed by atoms with Crippen molar-refractivity contribution >= 4 is 11.6 Å². The van der Waals surface area contributed by atoms with Gasteiger partial charge in [-0.2, -0.15) is 0 Å². The Morgan fingerprint density at radius 2 is 2.19 bits per heavy atom. The maximum absolute atomic E-state index is 11.0. The van der Waals surface area contributed by atoms with Crippen molar-refractivity contribution in [2.75, 3.05) is 0 Å². The monoisotopic (exact) mass is 224 g/mol. The quantitative estimate of drug-likeness (QED) is 0.573. The fourth-order valence-electron chi connectivity index (χ4n) is 1.03. The number of nitrogens with zero attached hydrogens (tertiary/aromatic N) is 2. The maximum atomic E-state index is 11.0. The Kier molecular flexibility index (Phi) is 3.55. The van der Waals surface area contributed by atoms with E-state index in [1.165, 1.54) is 19.9 Å². The molecule has 1 aromatic rings. The maximum Gasteiger partial charge on any atom is 0.406 e. The van der Waals surface area contributed by atoms with E-state index in [2.05, 4.69) is 4.98 Å². The van der Waals surface area contributed by atoms with E-state index in [4.69, 9.17) is 4.74 Å². The Balaban J connectivity index is 3.04. The summed E-state index contributed by atoms with van der Waals surface area (Å²) < 4.78 is 5.17. The van der Waals surface area contributed by atoms with Gasteiger partial charge in [0.2, 0.25) is 5.75 Å². The van der Waals surface area contributed by atoms with Gasteiger partial charge in [-0.25, -0.2) is 0 Å². The summed E-state index contributed by atoms with van der Waals surface area (Å²) in [7, 11) is 0. The molecule has 0 saturated heterocycles. The molecule has 6 nitrogen and oxygen atoms in total. The van der Waals surface area contributed by atoms with Crippen LogP contribution >= 0.6 is 0 Å². The SMILES string of the molecule is CC(=O)C(C)Oc1ccc(C)nc1[N+](=O)[O-]. The highest BCUT2D eigenvalue weighted by Crippen LogP contribution is 2.25. The zero-order valence-electron chi connectivity index (χ0n) is 9.26. The minimum Gasteiger partial charge on any atom is -0.475 e. The number of pyridine rings is 1. The molecule has 16 heavy (non-hydrogen) atoms. The van der Waals surface area contributed by atoms with Gasteiger partial charge in [-0.1, -0.05) is 0 Å². The summed E-state index contributed by atoms with van der Waals surface area (Å²) in [5.41, 5.74) is 0.523. The standard InChI is InChI=1S/C10H12N2O4/c1-6-4-5-9(10(11-6)12(14)15)16-8(3)7(2)13/h4-5,8H,1-3H3. The van der Waals surface area contributed by atoms with Gasteiger partial charge >= 0.3 is 5.82 Å². The Hall–Kier alpha value is -1.98. The van der Waals surface area contributed by atoms with Gasteiger partial charge in [0.05, 0.1) is 0 Å². The number of rotatable bonds is 4. The number of ketones is 1. The van der Waals surface area contributed by atoms with Crippen LogP contribution in [0.3, 0.4) is 0 Å². The lowest BCUT2D eigenvalue weighted by atomic mass is 10.3. The molecule has 1 rings (SSSR count). The first kappa shape index (κ1) is 12.1. The number of Topliss-reactive ketones (excluding diaryl/α,β-unsaturated/α-hetero) is 1. The molecule has 0 saturated carbocycles. The molecule has 0 bridgehead atoms. The second kappa shape index (κ2) is 4.69. The van der Waals surface area contributed by atoms with Crippen LogP contribution in [0.25, 0.3) is 0 Å². The molecule has 0 fully saturated rings. The van der Waals surface area contributed by atoms with Crippen molar-refractivity contribution in [2.45, 2.75) is 26.9 Å². The molecule has 1 atom stereocenters. The summed E-state index contributed by atoms with van der Waals surface area (Å²) in [5, 5.41) is 10.7. The molecule has 0 aliphatic rings. The van der Waals surface area contributed by atoms with Crippen LogP contribution in [0.2, 0.25) is 0 Å². The number of hydrogen-bond acceptors (Lipinski definition) is 5. The molecule has 1 unspecified atom stereocenters. The molecule has 0 radical (unpaired) electrons. The van der Waals surface area contributed by atoms with Crippen LogP contribution in [0.5, 0.6) is 5.75 Å². The molecule has 0 N–H and O–H groups in total. The summed E-state index contributed by atoms with van der Waals surface area (Å²) >= 11 is 0. The Morgan fingerprint density at radius 1 is 1.56 bits per heavy atom. The third-order valence-electron chi connectivity index (χ3n) is 2.03. The lowest BCUT2D eigenvalue weighted by Gasteiger charge is -2.10. The largest absolute Gasteiger partial charge is 0.475 e. The third-order valence-corrected chi connectivity index (χ3v) is 2.03. The van der Waals surface area contributed by atoms with Crippen LogP contribution in [0.4, 0.5) is 5.82 Å². The lowest BCUT2D eigenvalue weighted by Crippen LogP contribution is -2.21. The minimum atomic E-state index is -0.719. The van der Waals surface area contributed by atoms with Crippen molar-refractivity contribution in [2.24, 2.45) is 0 Å². The smallest absolute Gasteiger partial charge is 0.406 e. The summed E-state index contributed by atoms with van der Waals surface area (Å²) in [6, 6.07) is 3.04. The van der Waals surface area contributed by atoms with Gasteiger partial charge in [-0.05, 0) is 35.9 Å². The molecule has 6 heteroatoms. The lowest BCUT2D eigenvalue weighted by molar-refractivity contribution is -0.390. The summed E-state index contributed by atoms with van der Waals surface area (Å²) in [4.78, 5) is 24.8. The van der Waals surface area contributed by atoms with E-state index >= 15 is 0 Å². The second-order valence-corrected chi connectivity index (χ2v) is 3.40. The molecular weight excluding hydrogens is 212 g/mol. The predicted octanol–water partition coefficient (Wildman–Crippen LogP) is 1.65. The van der Waals surface area contributed by atoms with E-state index in [1.807, 2.05) is 0 Å². The number of nitro groups is 1. The summed E-state index contributed by atoms with van der Waals surface area (Å²) in [5.74, 6) is -0.554. The van der Waals surface area contributed by atoms with Crippen molar-refractivity contribution in [1.82, 2.24) is 4.98 Å². The first-order valence-electron chi connectivity index (χ1n) is 4.71. The highest BCUT2D eigenvalue weighted by atomic mass is 16.6. The van der Waals surface area contributed by atoms with Crippen LogP contribution in [-0.4, -0.2) is 21.8 Å². The van der Waals surface area contributed by atoms with E-state index in [0.717, 1.165) is 0 Å². The first-order valence-corrected chi connectivity index (χ1v) is 4.71. The van der Waals surface area contributed by atoms with Crippen molar-refractivity contribution in [3.05, 3.63) is 27.9 Å². The average Bonchev–Trinajstić information content (AvgIpc) is 2.20. The molecule has 0 spiro atoms. The summed E-state index contributed by atoms with van der Waals surface area (Å²) in [6.07, 6.45) is -0.719. The molecular formula is C10H12N2O4. The molecule has 1 heterocycles. The zero-order valence-corrected chi connectivity index (χ0v) is 9.26. The Bertz CT molecular complexity index is 431. The number of aryl methyl sites for hydroxylation is 1. The Morgan fingerprint density at radius 3 is 2.69 bits per heavy atom. The van der Waals surface area contributed by atoms with Gasteiger partial charge in [0.15, 0.2) is 11.9 Å². The van der Waals surface area contributed by atoms with E-state index in [-0.39, 0.29) is 17.4 Å². The van der Waals surface area contributed by atoms with E-state index in [9.17, 15) is 14.9 Å². The molecule has 0 aliphatic carbocycles. The fourth-order valence-corrected chi connectivity index (χ4v) is 1.03. The van der Waals surface area contributed by atoms with Crippen molar-refractivity contribution in [1.29, 1.82) is 0 Å². The molecule has 0 amide bonds. The van der Waals surface area contributed by atoms with E-state index in [1.54, 1.807) is 13.0 Å². The van der Waals surface area contributed by atoms with Gasteiger partial charge in [-0.3, -0.25) is 4.79 Å².